The molecule has 0 aromatic heterocycles. The van der Waals surface area contributed by atoms with Crippen molar-refractivity contribution in [2.45, 2.75) is 18.6 Å². The van der Waals surface area contributed by atoms with Crippen LogP contribution in [-0.4, -0.2) is 45.5 Å². The van der Waals surface area contributed by atoms with Gasteiger partial charge < -0.3 is 19.7 Å². The zero-order chi connectivity index (χ0) is 12.4. The number of hydrogen-bond donors (Lipinski definition) is 1. The van der Waals surface area contributed by atoms with E-state index in [-0.39, 0.29) is 6.10 Å². The zero-order valence-corrected chi connectivity index (χ0v) is 10.8. The lowest BCUT2D eigenvalue weighted by atomic mass is 10.1. The third-order valence-electron chi connectivity index (χ3n) is 3.71. The van der Waals surface area contributed by atoms with Crippen molar-refractivity contribution in [3.05, 3.63) is 24.3 Å². The fourth-order valence-electron chi connectivity index (χ4n) is 2.90. The first-order chi connectivity index (χ1) is 8.88. The second-order valence-electron chi connectivity index (χ2n) is 4.95. The lowest BCUT2D eigenvalue weighted by molar-refractivity contribution is 0.0745. The molecule has 1 saturated heterocycles. The van der Waals surface area contributed by atoms with E-state index in [1.807, 2.05) is 6.07 Å². The molecule has 2 heterocycles. The molecular formula is C14H20N2O2. The smallest absolute Gasteiger partial charge is 0.143 e. The van der Waals surface area contributed by atoms with E-state index in [1.165, 1.54) is 5.69 Å². The van der Waals surface area contributed by atoms with Crippen LogP contribution < -0.4 is 15.0 Å². The van der Waals surface area contributed by atoms with Crippen LogP contribution in [0.2, 0.25) is 0 Å². The Kier molecular flexibility index (Phi) is 3.39. The zero-order valence-electron chi connectivity index (χ0n) is 10.8. The maximum atomic E-state index is 6.09. The molecule has 2 atom stereocenters. The number of fused-ring (bicyclic) bond motifs is 3. The fourth-order valence-corrected chi connectivity index (χ4v) is 2.90. The molecule has 3 rings (SSSR count). The summed E-state index contributed by atoms with van der Waals surface area (Å²) in [5, 5.41) is 3.47. The van der Waals surface area contributed by atoms with Crippen molar-refractivity contribution in [1.29, 1.82) is 0 Å². The average Bonchev–Trinajstić information content (AvgIpc) is 2.55. The van der Waals surface area contributed by atoms with Crippen LogP contribution in [0.5, 0.6) is 5.75 Å². The highest BCUT2D eigenvalue weighted by Crippen LogP contribution is 2.35. The minimum absolute atomic E-state index is 0.144. The van der Waals surface area contributed by atoms with Gasteiger partial charge >= 0.3 is 0 Å². The molecular weight excluding hydrogens is 228 g/mol. The Labute approximate surface area is 108 Å². The molecule has 0 amide bonds. The molecule has 4 heteroatoms. The topological polar surface area (TPSA) is 33.7 Å². The van der Waals surface area contributed by atoms with E-state index in [2.05, 4.69) is 28.4 Å². The van der Waals surface area contributed by atoms with Crippen LogP contribution in [0.25, 0.3) is 0 Å². The summed E-state index contributed by atoms with van der Waals surface area (Å²) in [6.07, 6.45) is 1.15. The van der Waals surface area contributed by atoms with Gasteiger partial charge in [0.2, 0.25) is 0 Å². The molecule has 4 nitrogen and oxygen atoms in total. The molecule has 0 unspecified atom stereocenters. The Morgan fingerprint density at radius 3 is 3.22 bits per heavy atom. The number of nitrogens with one attached hydrogen (secondary N) is 1. The van der Waals surface area contributed by atoms with Gasteiger partial charge in [0.15, 0.2) is 0 Å². The number of anilines is 1. The summed E-state index contributed by atoms with van der Waals surface area (Å²) in [4.78, 5) is 2.47. The molecule has 2 aliphatic rings. The highest BCUT2D eigenvalue weighted by molar-refractivity contribution is 5.60. The molecule has 0 saturated carbocycles. The Hall–Kier alpha value is -1.26. The van der Waals surface area contributed by atoms with Gasteiger partial charge in [0.25, 0.3) is 0 Å². The van der Waals surface area contributed by atoms with E-state index in [0.29, 0.717) is 12.6 Å². The van der Waals surface area contributed by atoms with Crippen LogP contribution in [-0.2, 0) is 4.74 Å². The minimum atomic E-state index is 0.144. The predicted molar refractivity (Wildman–Crippen MR) is 71.4 cm³/mol. The van der Waals surface area contributed by atoms with Gasteiger partial charge in [-0.05, 0) is 12.1 Å². The second-order valence-corrected chi connectivity index (χ2v) is 4.95. The fraction of sp³-hybridized carbons (Fsp3) is 0.571. The molecule has 0 bridgehead atoms. The Morgan fingerprint density at radius 2 is 2.33 bits per heavy atom. The van der Waals surface area contributed by atoms with Crippen molar-refractivity contribution < 1.29 is 9.47 Å². The molecule has 18 heavy (non-hydrogen) atoms. The van der Waals surface area contributed by atoms with Crippen LogP contribution in [0, 0.1) is 0 Å². The number of nitrogens with zero attached hydrogens (tertiary/aromatic N) is 1. The van der Waals surface area contributed by atoms with Crippen LogP contribution in [0.4, 0.5) is 5.69 Å². The van der Waals surface area contributed by atoms with Crippen molar-refractivity contribution in [2.24, 2.45) is 0 Å². The second kappa shape index (κ2) is 5.16. The summed E-state index contributed by atoms with van der Waals surface area (Å²) in [5.41, 5.74) is 1.22. The summed E-state index contributed by atoms with van der Waals surface area (Å²) < 4.78 is 11.4. The summed E-state index contributed by atoms with van der Waals surface area (Å²) in [6.45, 7) is 3.76. The van der Waals surface area contributed by atoms with Gasteiger partial charge in [-0.25, -0.2) is 0 Å². The molecule has 1 aromatic rings. The number of para-hydroxylation sites is 2. The number of ether oxygens (including phenoxy) is 2. The first-order valence-corrected chi connectivity index (χ1v) is 6.60. The van der Waals surface area contributed by atoms with E-state index in [1.54, 1.807) is 7.11 Å². The van der Waals surface area contributed by atoms with Crippen LogP contribution in [0.3, 0.4) is 0 Å². The maximum Gasteiger partial charge on any atom is 0.143 e. The molecule has 2 aliphatic heterocycles. The van der Waals surface area contributed by atoms with Gasteiger partial charge in [-0.2, -0.15) is 0 Å². The third kappa shape index (κ3) is 2.18. The normalized spacial score (nSPS) is 26.8. The van der Waals surface area contributed by atoms with Gasteiger partial charge in [-0.3, -0.25) is 0 Å². The van der Waals surface area contributed by atoms with Crippen molar-refractivity contribution >= 4 is 5.69 Å². The number of methoxy groups -OCH3 is 1. The average molecular weight is 248 g/mol. The van der Waals surface area contributed by atoms with Crippen LogP contribution in [0.15, 0.2) is 24.3 Å². The highest BCUT2D eigenvalue weighted by Gasteiger charge is 2.31. The predicted octanol–water partition coefficient (Wildman–Crippen LogP) is 1.26. The van der Waals surface area contributed by atoms with E-state index in [0.717, 1.165) is 31.8 Å². The van der Waals surface area contributed by atoms with Crippen molar-refractivity contribution in [2.75, 3.05) is 38.3 Å². The first-order valence-electron chi connectivity index (χ1n) is 6.60. The molecule has 1 aromatic carbocycles. The monoisotopic (exact) mass is 248 g/mol. The summed E-state index contributed by atoms with van der Waals surface area (Å²) in [7, 11) is 1.73. The largest absolute Gasteiger partial charge is 0.486 e. The summed E-state index contributed by atoms with van der Waals surface area (Å²) in [6, 6.07) is 8.83. The number of piperazine rings is 1. The van der Waals surface area contributed by atoms with Gasteiger partial charge in [0.05, 0.1) is 12.3 Å². The molecule has 0 aliphatic carbocycles. The van der Waals surface area contributed by atoms with Crippen molar-refractivity contribution in [3.8, 4) is 5.75 Å². The van der Waals surface area contributed by atoms with Crippen LogP contribution >= 0.6 is 0 Å². The summed E-state index contributed by atoms with van der Waals surface area (Å²) >= 11 is 0. The molecule has 1 fully saturated rings. The van der Waals surface area contributed by atoms with Gasteiger partial charge in [-0.15, -0.1) is 0 Å². The third-order valence-corrected chi connectivity index (χ3v) is 3.71. The number of benzene rings is 1. The standard InChI is InChI=1S/C14H20N2O2/c1-17-10-12-8-11-9-15-6-7-16(11)13-4-2-3-5-14(13)18-12/h2-5,11-12,15H,6-10H2,1H3/t11-,12+/m1/s1. The van der Waals surface area contributed by atoms with Crippen LogP contribution in [0.1, 0.15) is 6.42 Å². The van der Waals surface area contributed by atoms with E-state index in [9.17, 15) is 0 Å². The van der Waals surface area contributed by atoms with E-state index in [4.69, 9.17) is 9.47 Å². The first kappa shape index (κ1) is 11.8. The summed E-state index contributed by atoms with van der Waals surface area (Å²) in [5.74, 6) is 0.990. The van der Waals surface area contributed by atoms with Gasteiger partial charge in [-0.1, -0.05) is 12.1 Å². The molecule has 98 valence electrons. The van der Waals surface area contributed by atoms with Gasteiger partial charge in [0.1, 0.15) is 11.9 Å². The minimum Gasteiger partial charge on any atom is -0.486 e. The molecule has 0 spiro atoms. The number of hydrogen-bond acceptors (Lipinski definition) is 4. The SMILES string of the molecule is COC[C@@H]1C[C@@H]2CNCCN2c2ccccc2O1. The van der Waals surface area contributed by atoms with Crippen molar-refractivity contribution in [1.82, 2.24) is 5.32 Å². The maximum absolute atomic E-state index is 6.09. The number of rotatable bonds is 2. The highest BCUT2D eigenvalue weighted by atomic mass is 16.5. The molecule has 0 radical (unpaired) electrons. The lowest BCUT2D eigenvalue weighted by Crippen LogP contribution is -2.52. The van der Waals surface area contributed by atoms with E-state index >= 15 is 0 Å². The lowest BCUT2D eigenvalue weighted by Gasteiger charge is -2.36. The Balaban J connectivity index is 1.93. The van der Waals surface area contributed by atoms with Gasteiger partial charge in [0, 0.05) is 39.2 Å². The Bertz CT molecular complexity index is 411. The Morgan fingerprint density at radius 1 is 1.44 bits per heavy atom. The molecule has 1 N–H and O–H groups in total. The van der Waals surface area contributed by atoms with Crippen molar-refractivity contribution in [3.63, 3.8) is 0 Å². The quantitative estimate of drug-likeness (QED) is 0.854. The van der Waals surface area contributed by atoms with E-state index < -0.39 is 0 Å².